The standard InChI is InChI=1S/C18H22INO2/c1-2-3-12-20-16-10-6-14(7-11-16)18(22)17(21)13-4-8-15(19)9-5-13/h4-11,17-18,20-22H,2-3,12H2,1H3. The molecule has 0 saturated carbocycles. The van der Waals surface area contributed by atoms with E-state index in [2.05, 4.69) is 34.8 Å². The maximum atomic E-state index is 10.3. The summed E-state index contributed by atoms with van der Waals surface area (Å²) in [5, 5.41) is 24.0. The number of nitrogens with one attached hydrogen (secondary N) is 1. The van der Waals surface area contributed by atoms with Crippen molar-refractivity contribution >= 4 is 28.3 Å². The summed E-state index contributed by atoms with van der Waals surface area (Å²) in [6.07, 6.45) is 0.447. The number of hydrogen-bond acceptors (Lipinski definition) is 3. The number of anilines is 1. The molecule has 3 N–H and O–H groups in total. The molecule has 0 aliphatic carbocycles. The molecule has 2 rings (SSSR count). The number of aliphatic hydroxyl groups excluding tert-OH is 2. The Labute approximate surface area is 145 Å². The van der Waals surface area contributed by atoms with Gasteiger partial charge in [0.2, 0.25) is 0 Å². The van der Waals surface area contributed by atoms with E-state index < -0.39 is 12.2 Å². The van der Waals surface area contributed by atoms with Crippen LogP contribution >= 0.6 is 22.6 Å². The van der Waals surface area contributed by atoms with Crippen molar-refractivity contribution in [3.8, 4) is 0 Å². The number of unbranched alkanes of at least 4 members (excludes halogenated alkanes) is 1. The van der Waals surface area contributed by atoms with Crippen LogP contribution < -0.4 is 5.32 Å². The minimum Gasteiger partial charge on any atom is -0.385 e. The van der Waals surface area contributed by atoms with Gasteiger partial charge in [0, 0.05) is 15.8 Å². The fourth-order valence-corrected chi connectivity index (χ4v) is 2.59. The van der Waals surface area contributed by atoms with Gasteiger partial charge in [-0.05, 0) is 64.4 Å². The molecular weight excluding hydrogens is 389 g/mol. The van der Waals surface area contributed by atoms with E-state index in [4.69, 9.17) is 0 Å². The molecule has 0 saturated heterocycles. The van der Waals surface area contributed by atoms with Crippen LogP contribution in [0.4, 0.5) is 5.69 Å². The summed E-state index contributed by atoms with van der Waals surface area (Å²) in [4.78, 5) is 0. The highest BCUT2D eigenvalue weighted by Crippen LogP contribution is 2.29. The molecule has 0 fully saturated rings. The van der Waals surface area contributed by atoms with Gasteiger partial charge in [-0.2, -0.15) is 0 Å². The van der Waals surface area contributed by atoms with Crippen molar-refractivity contribution in [2.24, 2.45) is 0 Å². The van der Waals surface area contributed by atoms with E-state index in [0.29, 0.717) is 5.56 Å². The Morgan fingerprint density at radius 1 is 0.909 bits per heavy atom. The van der Waals surface area contributed by atoms with Gasteiger partial charge < -0.3 is 15.5 Å². The fraction of sp³-hybridized carbons (Fsp3) is 0.333. The lowest BCUT2D eigenvalue weighted by molar-refractivity contribution is 0.0172. The van der Waals surface area contributed by atoms with E-state index >= 15 is 0 Å². The quantitative estimate of drug-likeness (QED) is 0.471. The summed E-state index contributed by atoms with van der Waals surface area (Å²) in [6.45, 7) is 3.11. The first-order valence-corrected chi connectivity index (χ1v) is 8.65. The highest BCUT2D eigenvalue weighted by atomic mass is 127. The van der Waals surface area contributed by atoms with E-state index in [-0.39, 0.29) is 0 Å². The summed E-state index contributed by atoms with van der Waals surface area (Å²) in [5.74, 6) is 0. The average Bonchev–Trinajstić information content (AvgIpc) is 2.55. The number of aliphatic hydroxyl groups is 2. The smallest absolute Gasteiger partial charge is 0.109 e. The molecule has 3 nitrogen and oxygen atoms in total. The van der Waals surface area contributed by atoms with Gasteiger partial charge in [-0.15, -0.1) is 0 Å². The van der Waals surface area contributed by atoms with Gasteiger partial charge in [0.05, 0.1) is 0 Å². The van der Waals surface area contributed by atoms with Crippen LogP contribution in [0.1, 0.15) is 43.1 Å². The van der Waals surface area contributed by atoms with Crippen LogP contribution in [0.5, 0.6) is 0 Å². The van der Waals surface area contributed by atoms with Crippen LogP contribution in [0.15, 0.2) is 48.5 Å². The van der Waals surface area contributed by atoms with E-state index in [9.17, 15) is 10.2 Å². The lowest BCUT2D eigenvalue weighted by Crippen LogP contribution is -2.10. The summed E-state index contributed by atoms with van der Waals surface area (Å²) in [7, 11) is 0. The van der Waals surface area contributed by atoms with Crippen LogP contribution in [0.2, 0.25) is 0 Å². The maximum Gasteiger partial charge on any atom is 0.109 e. The third-order valence-corrected chi connectivity index (χ3v) is 4.34. The summed E-state index contributed by atoms with van der Waals surface area (Å²) in [5.41, 5.74) is 2.47. The third-order valence-electron chi connectivity index (χ3n) is 3.62. The Hall–Kier alpha value is -1.11. The van der Waals surface area contributed by atoms with E-state index in [0.717, 1.165) is 34.2 Å². The highest BCUT2D eigenvalue weighted by Gasteiger charge is 2.20. The monoisotopic (exact) mass is 411 g/mol. The highest BCUT2D eigenvalue weighted by molar-refractivity contribution is 14.1. The molecule has 2 aromatic carbocycles. The molecule has 0 aliphatic rings. The van der Waals surface area contributed by atoms with E-state index in [1.54, 1.807) is 0 Å². The Morgan fingerprint density at radius 2 is 1.41 bits per heavy atom. The number of halogens is 1. The van der Waals surface area contributed by atoms with Crippen LogP contribution in [0.3, 0.4) is 0 Å². The van der Waals surface area contributed by atoms with E-state index in [1.807, 2.05) is 48.5 Å². The molecule has 0 spiro atoms. The zero-order valence-electron chi connectivity index (χ0n) is 12.7. The number of hydrogen-bond donors (Lipinski definition) is 3. The van der Waals surface area contributed by atoms with Gasteiger partial charge in [0.25, 0.3) is 0 Å². The molecule has 0 aliphatic heterocycles. The Balaban J connectivity index is 2.02. The largest absolute Gasteiger partial charge is 0.385 e. The normalized spacial score (nSPS) is 13.6. The van der Waals surface area contributed by atoms with Crippen molar-refractivity contribution in [3.05, 3.63) is 63.2 Å². The molecular formula is C18H22INO2. The molecule has 4 heteroatoms. The predicted octanol–water partition coefficient (Wildman–Crippen LogP) is 4.27. The van der Waals surface area contributed by atoms with Gasteiger partial charge in [-0.1, -0.05) is 37.6 Å². The first kappa shape index (κ1) is 17.2. The molecule has 0 amide bonds. The summed E-state index contributed by atoms with van der Waals surface area (Å²) in [6, 6.07) is 15.1. The zero-order chi connectivity index (χ0) is 15.9. The second-order valence-electron chi connectivity index (χ2n) is 5.34. The molecule has 2 atom stereocenters. The fourth-order valence-electron chi connectivity index (χ4n) is 2.23. The molecule has 0 radical (unpaired) electrons. The maximum absolute atomic E-state index is 10.3. The molecule has 2 unspecified atom stereocenters. The van der Waals surface area contributed by atoms with Gasteiger partial charge in [0.1, 0.15) is 12.2 Å². The van der Waals surface area contributed by atoms with Crippen molar-refractivity contribution in [2.75, 3.05) is 11.9 Å². The minimum absolute atomic E-state index is 0.715. The first-order valence-electron chi connectivity index (χ1n) is 7.57. The van der Waals surface area contributed by atoms with Gasteiger partial charge in [-0.25, -0.2) is 0 Å². The first-order chi connectivity index (χ1) is 10.6. The Morgan fingerprint density at radius 3 is 1.91 bits per heavy atom. The second-order valence-corrected chi connectivity index (χ2v) is 6.59. The van der Waals surface area contributed by atoms with Crippen LogP contribution in [0, 0.1) is 3.57 Å². The third kappa shape index (κ3) is 4.69. The molecule has 0 heterocycles. The predicted molar refractivity (Wildman–Crippen MR) is 98.9 cm³/mol. The van der Waals surface area contributed by atoms with Gasteiger partial charge in [-0.3, -0.25) is 0 Å². The summed E-state index contributed by atoms with van der Waals surface area (Å²) >= 11 is 2.21. The second kappa shape index (κ2) is 8.50. The van der Waals surface area contributed by atoms with Crippen molar-refractivity contribution in [1.82, 2.24) is 0 Å². The van der Waals surface area contributed by atoms with Crippen molar-refractivity contribution in [3.63, 3.8) is 0 Å². The number of rotatable bonds is 7. The van der Waals surface area contributed by atoms with Crippen molar-refractivity contribution in [2.45, 2.75) is 32.0 Å². The lowest BCUT2D eigenvalue weighted by Gasteiger charge is -2.19. The minimum atomic E-state index is -0.926. The zero-order valence-corrected chi connectivity index (χ0v) is 14.8. The SMILES string of the molecule is CCCCNc1ccc(C(O)C(O)c2ccc(I)cc2)cc1. The topological polar surface area (TPSA) is 52.5 Å². The molecule has 2 aromatic rings. The van der Waals surface area contributed by atoms with Crippen molar-refractivity contribution < 1.29 is 10.2 Å². The van der Waals surface area contributed by atoms with Crippen LogP contribution in [-0.4, -0.2) is 16.8 Å². The molecule has 0 bridgehead atoms. The summed E-state index contributed by atoms with van der Waals surface area (Å²) < 4.78 is 1.10. The van der Waals surface area contributed by atoms with Crippen LogP contribution in [-0.2, 0) is 0 Å². The molecule has 118 valence electrons. The average molecular weight is 411 g/mol. The van der Waals surface area contributed by atoms with Gasteiger partial charge in [0.15, 0.2) is 0 Å². The Bertz CT molecular complexity index is 569. The molecule has 22 heavy (non-hydrogen) atoms. The van der Waals surface area contributed by atoms with Crippen molar-refractivity contribution in [1.29, 1.82) is 0 Å². The number of benzene rings is 2. The van der Waals surface area contributed by atoms with E-state index in [1.165, 1.54) is 0 Å². The molecule has 0 aromatic heterocycles. The van der Waals surface area contributed by atoms with Gasteiger partial charge >= 0.3 is 0 Å². The lowest BCUT2D eigenvalue weighted by atomic mass is 9.98. The van der Waals surface area contributed by atoms with Crippen LogP contribution in [0.25, 0.3) is 0 Å². The Kier molecular flexibility index (Phi) is 6.67.